The summed E-state index contributed by atoms with van der Waals surface area (Å²) in [6.45, 7) is 2.30. The maximum Gasteiger partial charge on any atom is -0.0170 e. The first kappa shape index (κ1) is 16.5. The summed E-state index contributed by atoms with van der Waals surface area (Å²) >= 11 is 0. The van der Waals surface area contributed by atoms with Crippen LogP contribution in [0, 0.1) is 0 Å². The van der Waals surface area contributed by atoms with Crippen molar-refractivity contribution in [1.29, 1.82) is 0 Å². The third-order valence-electron chi connectivity index (χ3n) is 4.22. The van der Waals surface area contributed by atoms with Crippen LogP contribution in [0.4, 0.5) is 0 Å². The first-order chi connectivity index (χ1) is 8.93. The predicted molar refractivity (Wildman–Crippen MR) is 85.9 cm³/mol. The average Bonchev–Trinajstić information content (AvgIpc) is 2.51. The Bertz CT molecular complexity index is 157. The maximum absolute atomic E-state index is 2.30. The molecule has 0 N–H and O–H groups in total. The molecule has 1 aliphatic rings. The van der Waals surface area contributed by atoms with Gasteiger partial charge in [-0.15, -0.1) is 0 Å². The molecule has 0 aromatic heterocycles. The topological polar surface area (TPSA) is 0 Å². The molecule has 0 aromatic rings. The Balaban J connectivity index is 1.95. The second kappa shape index (κ2) is 12.5. The highest BCUT2D eigenvalue weighted by Crippen LogP contribution is 2.31. The Morgan fingerprint density at radius 3 is 1.94 bits per heavy atom. The Morgan fingerprint density at radius 2 is 1.28 bits per heavy atom. The van der Waals surface area contributed by atoms with E-state index in [1.54, 1.807) is 8.58 Å². The van der Waals surface area contributed by atoms with Gasteiger partial charge in [-0.2, -0.15) is 0 Å². The van der Waals surface area contributed by atoms with Crippen LogP contribution in [-0.2, 0) is 0 Å². The van der Waals surface area contributed by atoms with E-state index in [0.29, 0.717) is 0 Å². The van der Waals surface area contributed by atoms with Gasteiger partial charge >= 0.3 is 0 Å². The molecule has 0 amide bonds. The number of hydrogen-bond donors (Lipinski definition) is 0. The molecule has 0 spiro atoms. The average molecular weight is 269 g/mol. The smallest absolute Gasteiger partial charge is 0.0170 e. The molecular formula is C17H34P. The Morgan fingerprint density at radius 1 is 0.722 bits per heavy atom. The van der Waals surface area contributed by atoms with E-state index in [9.17, 15) is 0 Å². The van der Waals surface area contributed by atoms with Crippen molar-refractivity contribution in [2.24, 2.45) is 0 Å². The molecule has 0 aliphatic heterocycles. The summed E-state index contributed by atoms with van der Waals surface area (Å²) in [6.07, 6.45) is 22.3. The van der Waals surface area contributed by atoms with Crippen LogP contribution < -0.4 is 0 Å². The molecule has 0 saturated heterocycles. The second-order valence-corrected chi connectivity index (χ2v) is 7.57. The first-order valence-electron chi connectivity index (χ1n) is 8.60. The third-order valence-corrected chi connectivity index (χ3v) is 5.83. The van der Waals surface area contributed by atoms with Crippen LogP contribution in [0.1, 0.15) is 96.8 Å². The standard InChI is InChI=1S/C17H34P/c1-2-3-4-5-10-13-16-18-17-14-11-8-6-7-9-12-15-17/h17H,2-16H2,1H3. The molecule has 1 aliphatic carbocycles. The molecule has 0 nitrogen and oxygen atoms in total. The van der Waals surface area contributed by atoms with Crippen LogP contribution >= 0.6 is 8.58 Å². The number of rotatable bonds is 8. The Hall–Kier alpha value is 0.430. The molecule has 1 rings (SSSR count). The second-order valence-electron chi connectivity index (χ2n) is 6.03. The lowest BCUT2D eigenvalue weighted by Gasteiger charge is -2.14. The highest BCUT2D eigenvalue weighted by atomic mass is 31.1. The van der Waals surface area contributed by atoms with Gasteiger partial charge in [0.25, 0.3) is 0 Å². The van der Waals surface area contributed by atoms with Gasteiger partial charge in [-0.1, -0.05) is 86.1 Å². The van der Waals surface area contributed by atoms with Gasteiger partial charge in [-0.25, -0.2) is 0 Å². The van der Waals surface area contributed by atoms with Crippen LogP contribution in [0.15, 0.2) is 0 Å². The zero-order chi connectivity index (χ0) is 12.9. The van der Waals surface area contributed by atoms with Gasteiger partial charge in [-0.05, 0) is 31.1 Å². The lowest BCUT2D eigenvalue weighted by atomic mass is 10.1. The lowest BCUT2D eigenvalue weighted by molar-refractivity contribution is 0.619. The van der Waals surface area contributed by atoms with Crippen LogP contribution in [0.2, 0.25) is 0 Å². The monoisotopic (exact) mass is 269 g/mol. The molecule has 0 atom stereocenters. The quantitative estimate of drug-likeness (QED) is 0.336. The minimum atomic E-state index is 1.05. The number of unbranched alkanes of at least 4 members (excludes halogenated alkanes) is 5. The van der Waals surface area contributed by atoms with E-state index in [4.69, 9.17) is 0 Å². The Labute approximate surface area is 117 Å². The van der Waals surface area contributed by atoms with Crippen LogP contribution in [0.3, 0.4) is 0 Å². The molecular weight excluding hydrogens is 235 g/mol. The minimum Gasteiger partial charge on any atom is -0.0775 e. The summed E-state index contributed by atoms with van der Waals surface area (Å²) in [4.78, 5) is 0. The van der Waals surface area contributed by atoms with Crippen molar-refractivity contribution >= 4 is 8.58 Å². The van der Waals surface area contributed by atoms with Crippen molar-refractivity contribution < 1.29 is 0 Å². The van der Waals surface area contributed by atoms with Crippen LogP contribution in [-0.4, -0.2) is 11.8 Å². The normalized spacial score (nSPS) is 19.8. The molecule has 107 valence electrons. The van der Waals surface area contributed by atoms with E-state index < -0.39 is 0 Å². The summed E-state index contributed by atoms with van der Waals surface area (Å²) in [6, 6.07) is 0. The van der Waals surface area contributed by atoms with Gasteiger partial charge in [0.1, 0.15) is 0 Å². The van der Waals surface area contributed by atoms with E-state index in [0.717, 1.165) is 5.66 Å². The first-order valence-corrected chi connectivity index (χ1v) is 9.75. The summed E-state index contributed by atoms with van der Waals surface area (Å²) in [5.74, 6) is 0. The molecule has 0 heterocycles. The van der Waals surface area contributed by atoms with E-state index in [1.807, 2.05) is 0 Å². The summed E-state index contributed by atoms with van der Waals surface area (Å²) in [7, 11) is 1.79. The fourth-order valence-electron chi connectivity index (χ4n) is 2.96. The minimum absolute atomic E-state index is 1.05. The number of hydrogen-bond acceptors (Lipinski definition) is 0. The van der Waals surface area contributed by atoms with E-state index in [2.05, 4.69) is 6.92 Å². The lowest BCUT2D eigenvalue weighted by Crippen LogP contribution is -2.01. The zero-order valence-corrected chi connectivity index (χ0v) is 13.5. The molecule has 1 fully saturated rings. The van der Waals surface area contributed by atoms with Gasteiger partial charge in [0, 0.05) is 0 Å². The molecule has 0 unspecified atom stereocenters. The van der Waals surface area contributed by atoms with Crippen molar-refractivity contribution in [2.45, 2.75) is 102 Å². The highest BCUT2D eigenvalue weighted by molar-refractivity contribution is 7.38. The SMILES string of the molecule is CCCCCCCC[P]C1CCCCCCCC1. The highest BCUT2D eigenvalue weighted by Gasteiger charge is 2.10. The third kappa shape index (κ3) is 9.37. The van der Waals surface area contributed by atoms with Gasteiger partial charge < -0.3 is 0 Å². The molecule has 1 radical (unpaired) electrons. The molecule has 1 saturated carbocycles. The fraction of sp³-hybridized carbons (Fsp3) is 1.00. The van der Waals surface area contributed by atoms with Crippen LogP contribution in [0.5, 0.6) is 0 Å². The largest absolute Gasteiger partial charge is 0.0775 e. The van der Waals surface area contributed by atoms with Crippen molar-refractivity contribution in [3.05, 3.63) is 0 Å². The molecule has 0 bridgehead atoms. The summed E-state index contributed by atoms with van der Waals surface area (Å²) in [5, 5.41) is 0. The van der Waals surface area contributed by atoms with E-state index >= 15 is 0 Å². The van der Waals surface area contributed by atoms with Crippen molar-refractivity contribution in [3.63, 3.8) is 0 Å². The predicted octanol–water partition coefficient (Wildman–Crippen LogP) is 6.80. The summed E-state index contributed by atoms with van der Waals surface area (Å²) in [5.41, 5.74) is 1.05. The van der Waals surface area contributed by atoms with Gasteiger partial charge in [-0.3, -0.25) is 0 Å². The van der Waals surface area contributed by atoms with E-state index in [1.165, 1.54) is 96.1 Å². The Kier molecular flexibility index (Phi) is 11.4. The van der Waals surface area contributed by atoms with Gasteiger partial charge in [0.05, 0.1) is 0 Å². The fourth-order valence-corrected chi connectivity index (χ4v) is 4.46. The van der Waals surface area contributed by atoms with Crippen molar-refractivity contribution in [3.8, 4) is 0 Å². The molecule has 0 aromatic carbocycles. The van der Waals surface area contributed by atoms with Crippen molar-refractivity contribution in [2.75, 3.05) is 6.16 Å². The molecule has 1 heteroatoms. The van der Waals surface area contributed by atoms with E-state index in [-0.39, 0.29) is 0 Å². The van der Waals surface area contributed by atoms with Crippen LogP contribution in [0.25, 0.3) is 0 Å². The van der Waals surface area contributed by atoms with Gasteiger partial charge in [0.2, 0.25) is 0 Å². The summed E-state index contributed by atoms with van der Waals surface area (Å²) < 4.78 is 0. The zero-order valence-electron chi connectivity index (χ0n) is 12.6. The van der Waals surface area contributed by atoms with Crippen molar-refractivity contribution in [1.82, 2.24) is 0 Å². The molecule has 18 heavy (non-hydrogen) atoms. The van der Waals surface area contributed by atoms with Gasteiger partial charge in [0.15, 0.2) is 0 Å². The maximum atomic E-state index is 2.30.